The van der Waals surface area contributed by atoms with Crippen LogP contribution >= 0.6 is 29.7 Å². The smallest absolute Gasteiger partial charge is 0.306 e. The summed E-state index contributed by atoms with van der Waals surface area (Å²) < 4.78 is 5.07. The molecule has 1 aromatic rings. The number of thiol groups is 1. The van der Waals surface area contributed by atoms with Crippen LogP contribution in [0.1, 0.15) is 0 Å². The second-order valence-electron chi connectivity index (χ2n) is 1.72. The Kier molecular flexibility index (Phi) is 4.08. The Morgan fingerprint density at radius 2 is 2.00 bits per heavy atom. The van der Waals surface area contributed by atoms with E-state index in [0.29, 0.717) is 5.75 Å². The molecule has 5 heteroatoms. The molecule has 60 valence electrons. The summed E-state index contributed by atoms with van der Waals surface area (Å²) in [4.78, 5) is 9.04. The average Bonchev–Trinajstić information content (AvgIpc) is 2.06. The molecular weight excluding hydrogens is 199 g/mol. The summed E-state index contributed by atoms with van der Waals surface area (Å²) in [5, 5.41) is 0. The fourth-order valence-electron chi connectivity index (χ4n) is 0.588. The second kappa shape index (κ2) is 4.88. The van der Waals surface area contributed by atoms with Gasteiger partial charge >= 0.3 is 7.58 Å². The molecule has 1 unspecified atom stereocenters. The summed E-state index contributed by atoms with van der Waals surface area (Å²) in [6.45, 7) is 0. The standard InChI is InChI=1S/C6H7O2PS2/c7-9(11-10)8-6-4-2-1-3-5-6/h1-5,7,10H. The predicted molar refractivity (Wildman–Crippen MR) is 52.8 cm³/mol. The van der Waals surface area contributed by atoms with Crippen molar-refractivity contribution < 1.29 is 9.42 Å². The van der Waals surface area contributed by atoms with Crippen LogP contribution in [0.2, 0.25) is 0 Å². The number of hydrogen-bond acceptors (Lipinski definition) is 4. The minimum absolute atomic E-state index is 0.669. The van der Waals surface area contributed by atoms with Crippen molar-refractivity contribution in [2.45, 2.75) is 0 Å². The van der Waals surface area contributed by atoms with Crippen LogP contribution in [0, 0.1) is 0 Å². The molecule has 0 aliphatic heterocycles. The number of benzene rings is 1. The number of para-hydroxylation sites is 1. The molecule has 1 atom stereocenters. The Morgan fingerprint density at radius 1 is 1.36 bits per heavy atom. The van der Waals surface area contributed by atoms with Crippen molar-refractivity contribution in [3.63, 3.8) is 0 Å². The highest BCUT2D eigenvalue weighted by Crippen LogP contribution is 2.48. The maximum atomic E-state index is 9.04. The van der Waals surface area contributed by atoms with Gasteiger partial charge in [0.2, 0.25) is 0 Å². The van der Waals surface area contributed by atoms with Crippen LogP contribution in [0.3, 0.4) is 0 Å². The fourth-order valence-corrected chi connectivity index (χ4v) is 1.58. The zero-order valence-electron chi connectivity index (χ0n) is 5.54. The Bertz CT molecular complexity index is 207. The monoisotopic (exact) mass is 206 g/mol. The van der Waals surface area contributed by atoms with Crippen molar-refractivity contribution in [1.29, 1.82) is 0 Å². The molecule has 0 heterocycles. The molecule has 0 spiro atoms. The van der Waals surface area contributed by atoms with E-state index in [4.69, 9.17) is 9.42 Å². The van der Waals surface area contributed by atoms with Crippen LogP contribution in [0.15, 0.2) is 30.3 Å². The van der Waals surface area contributed by atoms with Gasteiger partial charge in [0.05, 0.1) is 0 Å². The van der Waals surface area contributed by atoms with Crippen molar-refractivity contribution in [2.75, 3.05) is 0 Å². The molecule has 0 aromatic heterocycles. The lowest BCUT2D eigenvalue weighted by atomic mass is 10.3. The van der Waals surface area contributed by atoms with Crippen molar-refractivity contribution in [3.8, 4) is 5.75 Å². The number of hydrogen-bond donors (Lipinski definition) is 2. The molecule has 0 aliphatic rings. The van der Waals surface area contributed by atoms with Gasteiger partial charge in [0.1, 0.15) is 5.75 Å². The summed E-state index contributed by atoms with van der Waals surface area (Å²) >= 11 is 3.82. The Labute approximate surface area is 75.4 Å². The van der Waals surface area contributed by atoms with E-state index < -0.39 is 7.58 Å². The van der Waals surface area contributed by atoms with E-state index in [1.807, 2.05) is 18.2 Å². The first-order valence-corrected chi connectivity index (χ1v) is 6.55. The zero-order chi connectivity index (χ0) is 8.10. The van der Waals surface area contributed by atoms with Crippen molar-refractivity contribution in [2.24, 2.45) is 0 Å². The molecular formula is C6H7O2PS2. The fraction of sp³-hybridized carbons (Fsp3) is 0. The molecule has 1 aromatic carbocycles. The highest BCUT2D eigenvalue weighted by molar-refractivity contribution is 8.92. The maximum absolute atomic E-state index is 9.04. The van der Waals surface area contributed by atoms with Gasteiger partial charge in [-0.05, 0) is 12.1 Å². The van der Waals surface area contributed by atoms with Crippen LogP contribution in [0.4, 0.5) is 0 Å². The van der Waals surface area contributed by atoms with Crippen LogP contribution in [0.5, 0.6) is 5.75 Å². The summed E-state index contributed by atoms with van der Waals surface area (Å²) in [5.74, 6) is 0.669. The quantitative estimate of drug-likeness (QED) is 0.452. The van der Waals surface area contributed by atoms with Crippen LogP contribution < -0.4 is 4.52 Å². The SMILES string of the molecule is OP(Oc1ccccc1)SS. The molecule has 0 saturated carbocycles. The van der Waals surface area contributed by atoms with Gasteiger partial charge in [-0.25, -0.2) is 0 Å². The minimum atomic E-state index is -1.47. The van der Waals surface area contributed by atoms with Gasteiger partial charge < -0.3 is 9.42 Å². The highest BCUT2D eigenvalue weighted by Gasteiger charge is 2.03. The van der Waals surface area contributed by atoms with E-state index in [1.54, 1.807) is 12.1 Å². The highest BCUT2D eigenvalue weighted by atomic mass is 33.3. The Hall–Kier alpha value is 0.110. The van der Waals surface area contributed by atoms with Crippen molar-refractivity contribution >= 4 is 29.7 Å². The first-order valence-electron chi connectivity index (χ1n) is 2.86. The Balaban J connectivity index is 2.51. The molecule has 0 saturated heterocycles. The molecule has 1 N–H and O–H groups in total. The van der Waals surface area contributed by atoms with Gasteiger partial charge in [-0.2, -0.15) is 0 Å². The maximum Gasteiger partial charge on any atom is 0.306 e. The van der Waals surface area contributed by atoms with E-state index in [0.717, 1.165) is 10.4 Å². The molecule has 0 bridgehead atoms. The third kappa shape index (κ3) is 3.34. The molecule has 0 amide bonds. The summed E-state index contributed by atoms with van der Waals surface area (Å²) in [7, 11) is -0.462. The van der Waals surface area contributed by atoms with Gasteiger partial charge in [-0.15, -0.1) is 11.7 Å². The first kappa shape index (κ1) is 9.20. The van der Waals surface area contributed by atoms with Gasteiger partial charge in [0.25, 0.3) is 0 Å². The van der Waals surface area contributed by atoms with E-state index in [9.17, 15) is 0 Å². The van der Waals surface area contributed by atoms with Gasteiger partial charge in [-0.1, -0.05) is 18.2 Å². The molecule has 1 rings (SSSR count). The molecule has 2 nitrogen and oxygen atoms in total. The van der Waals surface area contributed by atoms with Crippen LogP contribution in [-0.2, 0) is 0 Å². The van der Waals surface area contributed by atoms with E-state index in [2.05, 4.69) is 11.7 Å². The van der Waals surface area contributed by atoms with Gasteiger partial charge in [0, 0.05) is 10.4 Å². The molecule has 0 aliphatic carbocycles. The molecule has 11 heavy (non-hydrogen) atoms. The largest absolute Gasteiger partial charge is 0.439 e. The van der Waals surface area contributed by atoms with Crippen LogP contribution in [-0.4, -0.2) is 4.89 Å². The zero-order valence-corrected chi connectivity index (χ0v) is 8.15. The van der Waals surface area contributed by atoms with Gasteiger partial charge in [0.15, 0.2) is 0 Å². The molecule has 0 radical (unpaired) electrons. The lowest BCUT2D eigenvalue weighted by molar-refractivity contribution is 0.508. The summed E-state index contributed by atoms with van der Waals surface area (Å²) in [6, 6.07) is 9.16. The molecule has 0 fully saturated rings. The van der Waals surface area contributed by atoms with Crippen molar-refractivity contribution in [1.82, 2.24) is 0 Å². The minimum Gasteiger partial charge on any atom is -0.439 e. The van der Waals surface area contributed by atoms with Crippen molar-refractivity contribution in [3.05, 3.63) is 30.3 Å². The first-order chi connectivity index (χ1) is 5.33. The average molecular weight is 206 g/mol. The number of rotatable bonds is 3. The normalized spacial score (nSPS) is 12.5. The summed E-state index contributed by atoms with van der Waals surface area (Å²) in [6.07, 6.45) is 0. The topological polar surface area (TPSA) is 29.5 Å². The summed E-state index contributed by atoms with van der Waals surface area (Å²) in [5.41, 5.74) is 0. The lowest BCUT2D eigenvalue weighted by Gasteiger charge is -2.06. The van der Waals surface area contributed by atoms with Crippen LogP contribution in [0.25, 0.3) is 0 Å². The predicted octanol–water partition coefficient (Wildman–Crippen LogP) is 2.86. The Morgan fingerprint density at radius 3 is 2.55 bits per heavy atom. The van der Waals surface area contributed by atoms with Gasteiger partial charge in [-0.3, -0.25) is 0 Å². The van der Waals surface area contributed by atoms with E-state index in [1.165, 1.54) is 0 Å². The van der Waals surface area contributed by atoms with E-state index in [-0.39, 0.29) is 0 Å². The van der Waals surface area contributed by atoms with E-state index >= 15 is 0 Å². The second-order valence-corrected chi connectivity index (χ2v) is 5.44. The lowest BCUT2D eigenvalue weighted by Crippen LogP contribution is -1.79. The third-order valence-corrected chi connectivity index (χ3v) is 3.40. The third-order valence-electron chi connectivity index (χ3n) is 0.997.